The maximum Gasteiger partial charge on any atom is 0.0264 e. The van der Waals surface area contributed by atoms with E-state index in [-0.39, 0.29) is 0 Å². The molecule has 0 aromatic heterocycles. The van der Waals surface area contributed by atoms with E-state index in [1.165, 1.54) is 33.4 Å². The van der Waals surface area contributed by atoms with E-state index in [1.807, 2.05) is 0 Å². The molecule has 126 valence electrons. The highest BCUT2D eigenvalue weighted by atomic mass is 35.5. The molecule has 0 saturated carbocycles. The maximum absolute atomic E-state index is 6.18. The third kappa shape index (κ3) is 4.21. The molecule has 3 aromatic carbocycles. The molecule has 0 aliphatic carbocycles. The summed E-state index contributed by atoms with van der Waals surface area (Å²) in [6.45, 7) is 2.19. The largest absolute Gasteiger partial charge is 0.126 e. The first-order valence-corrected chi connectivity index (χ1v) is 9.36. The fourth-order valence-corrected chi connectivity index (χ4v) is 3.36. The SMILES string of the molecule is CCc1ccc(/C(=C(/CCCl)c2ccccc2)c2ccccc2)cc1. The minimum absolute atomic E-state index is 0.605. The van der Waals surface area contributed by atoms with Gasteiger partial charge < -0.3 is 0 Å². The summed E-state index contributed by atoms with van der Waals surface area (Å²) in [6.07, 6.45) is 1.89. The lowest BCUT2D eigenvalue weighted by Crippen LogP contribution is -1.97. The highest BCUT2D eigenvalue weighted by Gasteiger charge is 2.13. The van der Waals surface area contributed by atoms with Crippen molar-refractivity contribution in [2.45, 2.75) is 19.8 Å². The fraction of sp³-hybridized carbons (Fsp3) is 0.167. The molecule has 0 atom stereocenters. The van der Waals surface area contributed by atoms with Gasteiger partial charge in [0.2, 0.25) is 0 Å². The molecular formula is C24H23Cl. The summed E-state index contributed by atoms with van der Waals surface area (Å²) in [7, 11) is 0. The van der Waals surface area contributed by atoms with Crippen LogP contribution in [-0.2, 0) is 6.42 Å². The highest BCUT2D eigenvalue weighted by molar-refractivity contribution is 6.18. The third-order valence-corrected chi connectivity index (χ3v) is 4.67. The second kappa shape index (κ2) is 8.69. The predicted octanol–water partition coefficient (Wildman–Crippen LogP) is 6.84. The summed E-state index contributed by atoms with van der Waals surface area (Å²) in [5.74, 6) is 0.605. The maximum atomic E-state index is 6.18. The van der Waals surface area contributed by atoms with Gasteiger partial charge in [0.05, 0.1) is 0 Å². The quantitative estimate of drug-likeness (QED) is 0.338. The van der Waals surface area contributed by atoms with E-state index in [0.29, 0.717) is 5.88 Å². The van der Waals surface area contributed by atoms with Gasteiger partial charge >= 0.3 is 0 Å². The van der Waals surface area contributed by atoms with Crippen LogP contribution in [0.4, 0.5) is 0 Å². The van der Waals surface area contributed by atoms with Gasteiger partial charge in [-0.1, -0.05) is 91.9 Å². The molecule has 3 aromatic rings. The number of halogens is 1. The Morgan fingerprint density at radius 1 is 0.680 bits per heavy atom. The molecule has 0 unspecified atom stereocenters. The number of benzene rings is 3. The van der Waals surface area contributed by atoms with Gasteiger partial charge in [-0.2, -0.15) is 0 Å². The Balaban J connectivity index is 2.23. The second-order valence-electron chi connectivity index (χ2n) is 6.08. The van der Waals surface area contributed by atoms with Crippen LogP contribution in [0.1, 0.15) is 35.6 Å². The first kappa shape index (κ1) is 17.5. The van der Waals surface area contributed by atoms with Gasteiger partial charge in [0, 0.05) is 5.88 Å². The third-order valence-electron chi connectivity index (χ3n) is 4.48. The zero-order valence-electron chi connectivity index (χ0n) is 14.6. The number of aryl methyl sites for hydroxylation is 1. The van der Waals surface area contributed by atoms with Crippen LogP contribution in [0.15, 0.2) is 84.9 Å². The zero-order chi connectivity index (χ0) is 17.5. The van der Waals surface area contributed by atoms with Crippen LogP contribution in [-0.4, -0.2) is 5.88 Å². The van der Waals surface area contributed by atoms with Gasteiger partial charge in [-0.3, -0.25) is 0 Å². The first-order valence-electron chi connectivity index (χ1n) is 8.82. The Morgan fingerprint density at radius 2 is 1.20 bits per heavy atom. The minimum atomic E-state index is 0.605. The Kier molecular flexibility index (Phi) is 6.09. The topological polar surface area (TPSA) is 0 Å². The van der Waals surface area contributed by atoms with Crippen molar-refractivity contribution >= 4 is 22.7 Å². The van der Waals surface area contributed by atoms with Crippen LogP contribution in [0.25, 0.3) is 11.1 Å². The second-order valence-corrected chi connectivity index (χ2v) is 6.45. The van der Waals surface area contributed by atoms with Gasteiger partial charge in [0.1, 0.15) is 0 Å². The lowest BCUT2D eigenvalue weighted by molar-refractivity contribution is 1.14. The molecule has 0 aliphatic rings. The van der Waals surface area contributed by atoms with E-state index in [9.17, 15) is 0 Å². The Labute approximate surface area is 155 Å². The van der Waals surface area contributed by atoms with Gasteiger partial charge in [0.15, 0.2) is 0 Å². The standard InChI is InChI=1S/C24H23Cl/c1-2-19-13-15-22(16-14-19)24(21-11-7-4-8-12-21)23(17-18-25)20-9-5-3-6-10-20/h3-16H,2,17-18H2,1H3/b24-23-. The van der Waals surface area contributed by atoms with E-state index < -0.39 is 0 Å². The number of hydrogen-bond donors (Lipinski definition) is 0. The van der Waals surface area contributed by atoms with Crippen molar-refractivity contribution < 1.29 is 0 Å². The molecule has 0 amide bonds. The molecule has 0 saturated heterocycles. The van der Waals surface area contributed by atoms with Crippen LogP contribution in [0.5, 0.6) is 0 Å². The van der Waals surface area contributed by atoms with Gasteiger partial charge in [-0.15, -0.1) is 11.6 Å². The molecule has 0 heterocycles. The summed E-state index contributed by atoms with van der Waals surface area (Å²) in [5.41, 5.74) is 7.64. The molecule has 0 N–H and O–H groups in total. The smallest absolute Gasteiger partial charge is 0.0264 e. The first-order chi connectivity index (χ1) is 12.3. The summed E-state index contributed by atoms with van der Waals surface area (Å²) in [4.78, 5) is 0. The van der Waals surface area contributed by atoms with E-state index in [1.54, 1.807) is 0 Å². The van der Waals surface area contributed by atoms with Crippen molar-refractivity contribution in [1.82, 2.24) is 0 Å². The molecule has 1 heteroatoms. The molecule has 0 aliphatic heterocycles. The summed E-state index contributed by atoms with van der Waals surface area (Å²) >= 11 is 6.18. The lowest BCUT2D eigenvalue weighted by Gasteiger charge is -2.17. The van der Waals surface area contributed by atoms with Crippen LogP contribution in [0.3, 0.4) is 0 Å². The number of alkyl halides is 1. The number of rotatable bonds is 6. The Bertz CT molecular complexity index is 815. The predicted molar refractivity (Wildman–Crippen MR) is 110 cm³/mol. The van der Waals surface area contributed by atoms with Crippen molar-refractivity contribution in [3.8, 4) is 0 Å². The molecule has 3 rings (SSSR count). The number of allylic oxidation sites excluding steroid dienone is 1. The van der Waals surface area contributed by atoms with Gasteiger partial charge in [0.25, 0.3) is 0 Å². The molecule has 0 fully saturated rings. The molecular weight excluding hydrogens is 324 g/mol. The lowest BCUT2D eigenvalue weighted by atomic mass is 9.88. The fourth-order valence-electron chi connectivity index (χ4n) is 3.17. The van der Waals surface area contributed by atoms with Gasteiger partial charge in [-0.25, -0.2) is 0 Å². The zero-order valence-corrected chi connectivity index (χ0v) is 15.3. The van der Waals surface area contributed by atoms with Crippen molar-refractivity contribution in [3.63, 3.8) is 0 Å². The monoisotopic (exact) mass is 346 g/mol. The minimum Gasteiger partial charge on any atom is -0.126 e. The Morgan fingerprint density at radius 3 is 1.72 bits per heavy atom. The molecule has 0 bridgehead atoms. The normalized spacial score (nSPS) is 11.9. The molecule has 0 nitrogen and oxygen atoms in total. The molecule has 0 spiro atoms. The van der Waals surface area contributed by atoms with Crippen molar-refractivity contribution in [1.29, 1.82) is 0 Å². The van der Waals surface area contributed by atoms with E-state index >= 15 is 0 Å². The number of hydrogen-bond acceptors (Lipinski definition) is 0. The van der Waals surface area contributed by atoms with Crippen molar-refractivity contribution in [2.75, 3.05) is 5.88 Å². The van der Waals surface area contributed by atoms with Crippen LogP contribution >= 0.6 is 11.6 Å². The highest BCUT2D eigenvalue weighted by Crippen LogP contribution is 2.34. The summed E-state index contributed by atoms with van der Waals surface area (Å²) < 4.78 is 0. The average molecular weight is 347 g/mol. The van der Waals surface area contributed by atoms with Crippen LogP contribution in [0, 0.1) is 0 Å². The van der Waals surface area contributed by atoms with E-state index in [0.717, 1.165) is 12.8 Å². The van der Waals surface area contributed by atoms with Crippen LogP contribution in [0.2, 0.25) is 0 Å². The van der Waals surface area contributed by atoms with Gasteiger partial charge in [-0.05, 0) is 46.2 Å². The van der Waals surface area contributed by atoms with Crippen molar-refractivity contribution in [2.24, 2.45) is 0 Å². The molecule has 0 radical (unpaired) electrons. The molecule has 25 heavy (non-hydrogen) atoms. The Hall–Kier alpha value is -2.31. The van der Waals surface area contributed by atoms with Crippen LogP contribution < -0.4 is 0 Å². The average Bonchev–Trinajstić information content (AvgIpc) is 2.69. The van der Waals surface area contributed by atoms with Crippen molar-refractivity contribution in [3.05, 3.63) is 107 Å². The summed E-state index contributed by atoms with van der Waals surface area (Å²) in [6, 6.07) is 30.1. The van der Waals surface area contributed by atoms with E-state index in [2.05, 4.69) is 91.9 Å². The summed E-state index contributed by atoms with van der Waals surface area (Å²) in [5, 5.41) is 0. The van der Waals surface area contributed by atoms with E-state index in [4.69, 9.17) is 11.6 Å².